The van der Waals surface area contributed by atoms with E-state index in [1.165, 1.54) is 30.4 Å². The van der Waals surface area contributed by atoms with Crippen LogP contribution in [-0.4, -0.2) is 48.6 Å². The van der Waals surface area contributed by atoms with Gasteiger partial charge >= 0.3 is 0 Å². The molecule has 1 aromatic heterocycles. The van der Waals surface area contributed by atoms with Gasteiger partial charge in [0, 0.05) is 38.9 Å². The zero-order chi connectivity index (χ0) is 19.9. The molecule has 6 heteroatoms. The van der Waals surface area contributed by atoms with Gasteiger partial charge in [0.1, 0.15) is 5.82 Å². The van der Waals surface area contributed by atoms with Gasteiger partial charge in [-0.2, -0.15) is 0 Å². The molecule has 2 saturated heterocycles. The van der Waals surface area contributed by atoms with Crippen LogP contribution in [0.2, 0.25) is 0 Å². The first-order chi connectivity index (χ1) is 14.3. The van der Waals surface area contributed by atoms with Crippen molar-refractivity contribution in [3.05, 3.63) is 59.8 Å². The smallest absolute Gasteiger partial charge is 0.194 e. The van der Waals surface area contributed by atoms with E-state index in [1.807, 2.05) is 6.20 Å². The topological polar surface area (TPSA) is 43.8 Å². The molecule has 2 aliphatic rings. The molecule has 2 aromatic rings. The lowest BCUT2D eigenvalue weighted by molar-refractivity contribution is 0.460. The van der Waals surface area contributed by atoms with Gasteiger partial charge in [0.25, 0.3) is 0 Å². The summed E-state index contributed by atoms with van der Waals surface area (Å²) in [4.78, 5) is 14.3. The van der Waals surface area contributed by atoms with Gasteiger partial charge in [-0.1, -0.05) is 30.3 Å². The van der Waals surface area contributed by atoms with Crippen LogP contribution >= 0.6 is 24.0 Å². The van der Waals surface area contributed by atoms with Crippen molar-refractivity contribution in [3.63, 3.8) is 0 Å². The van der Waals surface area contributed by atoms with E-state index in [0.717, 1.165) is 50.9 Å². The highest BCUT2D eigenvalue weighted by Crippen LogP contribution is 2.22. The number of rotatable bonds is 6. The van der Waals surface area contributed by atoms with E-state index in [9.17, 15) is 0 Å². The molecule has 0 spiro atoms. The van der Waals surface area contributed by atoms with Crippen LogP contribution in [0, 0.1) is 5.92 Å². The van der Waals surface area contributed by atoms with Gasteiger partial charge in [-0.25, -0.2) is 9.98 Å². The Balaban J connectivity index is 0.00000256. The SMILES string of the molecule is CCNC(=NCc1ccnc(N2CCCC2)c1)N1CCC(Cc2ccccc2)C1.I. The van der Waals surface area contributed by atoms with Crippen molar-refractivity contribution in [1.29, 1.82) is 0 Å². The molecule has 0 radical (unpaired) electrons. The fourth-order valence-corrected chi connectivity index (χ4v) is 4.41. The molecule has 1 unspecified atom stereocenters. The van der Waals surface area contributed by atoms with Crippen LogP contribution < -0.4 is 10.2 Å². The molecule has 0 aliphatic carbocycles. The van der Waals surface area contributed by atoms with Crippen LogP contribution in [-0.2, 0) is 13.0 Å². The van der Waals surface area contributed by atoms with E-state index in [-0.39, 0.29) is 24.0 Å². The molecule has 0 amide bonds. The second kappa shape index (κ2) is 11.5. The van der Waals surface area contributed by atoms with E-state index in [4.69, 9.17) is 4.99 Å². The minimum atomic E-state index is 0. The van der Waals surface area contributed by atoms with E-state index in [2.05, 4.69) is 69.5 Å². The minimum absolute atomic E-state index is 0. The number of anilines is 1. The summed E-state index contributed by atoms with van der Waals surface area (Å²) in [6, 6.07) is 15.1. The number of likely N-dealkylation sites (tertiary alicyclic amines) is 1. The summed E-state index contributed by atoms with van der Waals surface area (Å²) in [5.74, 6) is 2.84. The molecule has 30 heavy (non-hydrogen) atoms. The number of guanidine groups is 1. The molecule has 5 nitrogen and oxygen atoms in total. The predicted octanol–water partition coefficient (Wildman–Crippen LogP) is 4.33. The number of halogens is 1. The third kappa shape index (κ3) is 6.09. The number of nitrogens with zero attached hydrogens (tertiary/aromatic N) is 4. The number of nitrogens with one attached hydrogen (secondary N) is 1. The van der Waals surface area contributed by atoms with Crippen LogP contribution in [0.15, 0.2) is 53.7 Å². The van der Waals surface area contributed by atoms with Crippen molar-refractivity contribution in [2.75, 3.05) is 37.6 Å². The first-order valence-corrected chi connectivity index (χ1v) is 11.1. The Morgan fingerprint density at radius 2 is 1.90 bits per heavy atom. The summed E-state index contributed by atoms with van der Waals surface area (Å²) in [7, 11) is 0. The highest BCUT2D eigenvalue weighted by atomic mass is 127. The lowest BCUT2D eigenvalue weighted by atomic mass is 9.99. The predicted molar refractivity (Wildman–Crippen MR) is 136 cm³/mol. The first kappa shape index (κ1) is 22.8. The van der Waals surface area contributed by atoms with E-state index in [1.54, 1.807) is 0 Å². The fraction of sp³-hybridized carbons (Fsp3) is 0.500. The molecule has 3 heterocycles. The standard InChI is InChI=1S/C24H33N5.HI/c1-2-25-24(29-15-11-22(19-29)16-20-8-4-3-5-9-20)27-18-21-10-12-26-23(17-21)28-13-6-7-14-28;/h3-5,8-10,12,17,22H,2,6-7,11,13-16,18-19H2,1H3,(H,25,27);1H. The summed E-state index contributed by atoms with van der Waals surface area (Å²) in [5, 5.41) is 3.50. The average molecular weight is 519 g/mol. The Labute approximate surface area is 198 Å². The second-order valence-corrected chi connectivity index (χ2v) is 8.18. The maximum Gasteiger partial charge on any atom is 0.194 e. The Kier molecular flexibility index (Phi) is 8.78. The van der Waals surface area contributed by atoms with Crippen LogP contribution in [0.25, 0.3) is 0 Å². The van der Waals surface area contributed by atoms with Crippen molar-refractivity contribution in [2.45, 2.75) is 39.2 Å². The molecule has 2 aliphatic heterocycles. The zero-order valence-corrected chi connectivity index (χ0v) is 20.3. The number of aromatic nitrogens is 1. The molecule has 1 aromatic carbocycles. The van der Waals surface area contributed by atoms with Crippen molar-refractivity contribution in [1.82, 2.24) is 15.2 Å². The Morgan fingerprint density at radius 1 is 1.10 bits per heavy atom. The van der Waals surface area contributed by atoms with Gasteiger partial charge in [-0.05, 0) is 61.8 Å². The lowest BCUT2D eigenvalue weighted by Crippen LogP contribution is -2.40. The average Bonchev–Trinajstić information content (AvgIpc) is 3.45. The molecule has 1 N–H and O–H groups in total. The van der Waals surface area contributed by atoms with Gasteiger partial charge in [0.15, 0.2) is 5.96 Å². The molecule has 162 valence electrons. The highest BCUT2D eigenvalue weighted by molar-refractivity contribution is 14.0. The number of hydrogen-bond acceptors (Lipinski definition) is 3. The Morgan fingerprint density at radius 3 is 2.67 bits per heavy atom. The highest BCUT2D eigenvalue weighted by Gasteiger charge is 2.25. The van der Waals surface area contributed by atoms with E-state index >= 15 is 0 Å². The molecule has 4 rings (SSSR count). The van der Waals surface area contributed by atoms with Crippen molar-refractivity contribution in [3.8, 4) is 0 Å². The van der Waals surface area contributed by atoms with Gasteiger partial charge in [-0.15, -0.1) is 24.0 Å². The number of pyridine rings is 1. The van der Waals surface area contributed by atoms with Gasteiger partial charge in [0.05, 0.1) is 6.54 Å². The molecular formula is C24H34IN5. The number of aliphatic imine (C=N–C) groups is 1. The normalized spacial score (nSPS) is 19.1. The molecule has 2 fully saturated rings. The Bertz CT molecular complexity index is 804. The largest absolute Gasteiger partial charge is 0.357 e. The Hall–Kier alpha value is -1.83. The number of hydrogen-bond donors (Lipinski definition) is 1. The van der Waals surface area contributed by atoms with Gasteiger partial charge in [-0.3, -0.25) is 0 Å². The van der Waals surface area contributed by atoms with Gasteiger partial charge < -0.3 is 15.1 Å². The van der Waals surface area contributed by atoms with Gasteiger partial charge in [0.2, 0.25) is 0 Å². The van der Waals surface area contributed by atoms with Crippen LogP contribution in [0.4, 0.5) is 5.82 Å². The van der Waals surface area contributed by atoms with Crippen LogP contribution in [0.1, 0.15) is 37.3 Å². The zero-order valence-electron chi connectivity index (χ0n) is 18.0. The molecular weight excluding hydrogens is 485 g/mol. The summed E-state index contributed by atoms with van der Waals surface area (Å²) in [6.07, 6.45) is 6.85. The van der Waals surface area contributed by atoms with Crippen LogP contribution in [0.3, 0.4) is 0 Å². The fourth-order valence-electron chi connectivity index (χ4n) is 4.41. The summed E-state index contributed by atoms with van der Waals surface area (Å²) < 4.78 is 0. The first-order valence-electron chi connectivity index (χ1n) is 11.1. The number of benzene rings is 1. The van der Waals surface area contributed by atoms with Crippen LogP contribution in [0.5, 0.6) is 0 Å². The summed E-state index contributed by atoms with van der Waals surface area (Å²) in [6.45, 7) is 8.15. The maximum atomic E-state index is 4.96. The van der Waals surface area contributed by atoms with Crippen molar-refractivity contribution < 1.29 is 0 Å². The minimum Gasteiger partial charge on any atom is -0.357 e. The second-order valence-electron chi connectivity index (χ2n) is 8.18. The molecule has 0 bridgehead atoms. The van der Waals surface area contributed by atoms with E-state index in [0.29, 0.717) is 12.5 Å². The maximum absolute atomic E-state index is 4.96. The van der Waals surface area contributed by atoms with Crippen molar-refractivity contribution >= 4 is 35.8 Å². The quantitative estimate of drug-likeness (QED) is 0.351. The third-order valence-corrected chi connectivity index (χ3v) is 5.94. The van der Waals surface area contributed by atoms with Crippen molar-refractivity contribution in [2.24, 2.45) is 10.9 Å². The summed E-state index contributed by atoms with van der Waals surface area (Å²) in [5.41, 5.74) is 2.67. The molecule has 0 saturated carbocycles. The lowest BCUT2D eigenvalue weighted by Gasteiger charge is -2.22. The third-order valence-electron chi connectivity index (χ3n) is 5.94. The summed E-state index contributed by atoms with van der Waals surface area (Å²) >= 11 is 0. The monoisotopic (exact) mass is 519 g/mol. The molecule has 1 atom stereocenters. The van der Waals surface area contributed by atoms with E-state index < -0.39 is 0 Å².